The number of aryl methyl sites for hydroxylation is 1. The second-order valence-electron chi connectivity index (χ2n) is 6.17. The van der Waals surface area contributed by atoms with Gasteiger partial charge in [-0.3, -0.25) is 4.79 Å². The van der Waals surface area contributed by atoms with Crippen LogP contribution in [0.3, 0.4) is 0 Å². The molecule has 1 aliphatic rings. The topological polar surface area (TPSA) is 71.5 Å². The molecule has 0 spiro atoms. The van der Waals surface area contributed by atoms with Crippen molar-refractivity contribution in [2.24, 2.45) is 0 Å². The molecule has 2 heterocycles. The summed E-state index contributed by atoms with van der Waals surface area (Å²) in [4.78, 5) is 14.6. The molecule has 0 saturated heterocycles. The molecule has 28 heavy (non-hydrogen) atoms. The van der Waals surface area contributed by atoms with Gasteiger partial charge in [-0.2, -0.15) is 0 Å². The second kappa shape index (κ2) is 9.21. The van der Waals surface area contributed by atoms with E-state index in [-0.39, 0.29) is 5.75 Å². The lowest BCUT2D eigenvalue weighted by Gasteiger charge is -2.18. The van der Waals surface area contributed by atoms with Gasteiger partial charge in [-0.05, 0) is 62.5 Å². The fourth-order valence-corrected chi connectivity index (χ4v) is 3.81. The summed E-state index contributed by atoms with van der Waals surface area (Å²) in [5.74, 6) is 0.808. The van der Waals surface area contributed by atoms with E-state index in [1.807, 2.05) is 6.20 Å². The van der Waals surface area contributed by atoms with Crippen molar-refractivity contribution in [3.63, 3.8) is 0 Å². The molecular formula is C21H18Br2N2O3. The summed E-state index contributed by atoms with van der Waals surface area (Å²) >= 11 is 6.20. The highest BCUT2D eigenvalue weighted by molar-refractivity contribution is 9.11. The predicted octanol–water partition coefficient (Wildman–Crippen LogP) is 5.59. The van der Waals surface area contributed by atoms with Crippen LogP contribution in [0, 0.1) is 6.92 Å². The normalized spacial score (nSPS) is 12.0. The highest BCUT2D eigenvalue weighted by Gasteiger charge is 2.11. The lowest BCUT2D eigenvalue weighted by molar-refractivity contribution is 0.112. The first-order valence-electron chi connectivity index (χ1n) is 8.55. The van der Waals surface area contributed by atoms with E-state index in [0.29, 0.717) is 27.0 Å². The zero-order valence-corrected chi connectivity index (χ0v) is 18.2. The number of halogens is 2. The van der Waals surface area contributed by atoms with Crippen LogP contribution in [-0.4, -0.2) is 29.5 Å². The molecule has 0 saturated carbocycles. The number of carbonyl (C=O) groups excluding carboxylic acids is 1. The number of aldehydes is 1. The number of carbonyl (C=O) groups is 1. The van der Waals surface area contributed by atoms with Gasteiger partial charge in [-0.25, -0.2) is 4.98 Å². The molecule has 0 atom stereocenters. The zero-order chi connectivity index (χ0) is 20.1. The summed E-state index contributed by atoms with van der Waals surface area (Å²) in [6.07, 6.45) is 2.57. The van der Waals surface area contributed by atoms with Crippen molar-refractivity contribution in [1.29, 1.82) is 0 Å². The standard InChI is InChI=1S/C14H14N2O.C7H4Br2O2/c1-10-2-4-11(5-3-10)12-8-13-14(16-9-12)17-7-6-15-13;8-5-1-4(3-10)2-6(9)7(5)11/h2-5,8-9,15H,6-7H2,1H3;1-3,11H. The monoisotopic (exact) mass is 504 g/mol. The van der Waals surface area contributed by atoms with Crippen molar-refractivity contribution >= 4 is 43.8 Å². The zero-order valence-electron chi connectivity index (χ0n) is 15.1. The Morgan fingerprint density at radius 2 is 1.79 bits per heavy atom. The van der Waals surface area contributed by atoms with Crippen LogP contribution in [0.2, 0.25) is 0 Å². The average molecular weight is 506 g/mol. The van der Waals surface area contributed by atoms with Gasteiger partial charge in [0.15, 0.2) is 0 Å². The Morgan fingerprint density at radius 3 is 2.43 bits per heavy atom. The van der Waals surface area contributed by atoms with Crippen molar-refractivity contribution in [1.82, 2.24) is 4.98 Å². The van der Waals surface area contributed by atoms with Crippen LogP contribution in [0.5, 0.6) is 11.6 Å². The lowest BCUT2D eigenvalue weighted by atomic mass is 10.1. The first kappa shape index (κ1) is 20.4. The number of nitrogens with zero attached hydrogens (tertiary/aromatic N) is 1. The molecule has 5 nitrogen and oxygen atoms in total. The third-order valence-electron chi connectivity index (χ3n) is 4.07. The summed E-state index contributed by atoms with van der Waals surface area (Å²) in [6.45, 7) is 3.61. The first-order chi connectivity index (χ1) is 13.5. The van der Waals surface area contributed by atoms with Crippen molar-refractivity contribution in [3.05, 3.63) is 68.7 Å². The van der Waals surface area contributed by atoms with E-state index in [4.69, 9.17) is 4.74 Å². The van der Waals surface area contributed by atoms with Crippen molar-refractivity contribution in [2.45, 2.75) is 6.92 Å². The number of aromatic nitrogens is 1. The van der Waals surface area contributed by atoms with Crippen molar-refractivity contribution < 1.29 is 14.6 Å². The maximum absolute atomic E-state index is 10.3. The Bertz CT molecular complexity index is 968. The van der Waals surface area contributed by atoms with Gasteiger partial charge in [0.25, 0.3) is 0 Å². The quantitative estimate of drug-likeness (QED) is 0.444. The van der Waals surface area contributed by atoms with E-state index in [0.717, 1.165) is 24.1 Å². The number of aromatic hydroxyl groups is 1. The van der Waals surface area contributed by atoms with Gasteiger partial charge in [0.2, 0.25) is 5.88 Å². The lowest BCUT2D eigenvalue weighted by Crippen LogP contribution is -2.18. The Kier molecular flexibility index (Phi) is 6.70. The molecule has 0 fully saturated rings. The third-order valence-corrected chi connectivity index (χ3v) is 5.28. The summed E-state index contributed by atoms with van der Waals surface area (Å²) in [5, 5.41) is 12.5. The highest BCUT2D eigenvalue weighted by atomic mass is 79.9. The minimum absolute atomic E-state index is 0.107. The van der Waals surface area contributed by atoms with Crippen LogP contribution in [0.25, 0.3) is 11.1 Å². The molecule has 3 aromatic rings. The molecule has 0 bridgehead atoms. The number of phenolic OH excluding ortho intramolecular Hbond substituents is 1. The largest absolute Gasteiger partial charge is 0.506 e. The molecular weight excluding hydrogens is 488 g/mol. The molecule has 0 aliphatic carbocycles. The van der Waals surface area contributed by atoms with Gasteiger partial charge in [0.05, 0.1) is 14.6 Å². The number of pyridine rings is 1. The number of phenols is 1. The van der Waals surface area contributed by atoms with Crippen LogP contribution >= 0.6 is 31.9 Å². The molecule has 0 unspecified atom stereocenters. The SMILES string of the molecule is Cc1ccc(-c2cnc3c(c2)NCCO3)cc1.O=Cc1cc(Br)c(O)c(Br)c1. The minimum atomic E-state index is 0.107. The smallest absolute Gasteiger partial charge is 0.237 e. The van der Waals surface area contributed by atoms with Crippen LogP contribution in [0.1, 0.15) is 15.9 Å². The van der Waals surface area contributed by atoms with E-state index < -0.39 is 0 Å². The Morgan fingerprint density at radius 1 is 1.11 bits per heavy atom. The van der Waals surface area contributed by atoms with Crippen LogP contribution < -0.4 is 10.1 Å². The van der Waals surface area contributed by atoms with Crippen LogP contribution in [0.4, 0.5) is 5.69 Å². The number of ether oxygens (including phenoxy) is 1. The number of nitrogens with one attached hydrogen (secondary N) is 1. The van der Waals surface area contributed by atoms with Gasteiger partial charge >= 0.3 is 0 Å². The summed E-state index contributed by atoms with van der Waals surface area (Å²) < 4.78 is 6.48. The maximum Gasteiger partial charge on any atom is 0.237 e. The molecule has 144 valence electrons. The third kappa shape index (κ3) is 4.91. The van der Waals surface area contributed by atoms with Crippen LogP contribution in [0.15, 0.2) is 57.6 Å². The Balaban J connectivity index is 0.000000178. The summed E-state index contributed by atoms with van der Waals surface area (Å²) in [7, 11) is 0. The molecule has 1 aromatic heterocycles. The number of fused-ring (bicyclic) bond motifs is 1. The Hall–Kier alpha value is -2.38. The summed E-state index contributed by atoms with van der Waals surface area (Å²) in [5.41, 5.74) is 5.05. The van der Waals surface area contributed by atoms with E-state index >= 15 is 0 Å². The van der Waals surface area contributed by atoms with Gasteiger partial charge in [-0.1, -0.05) is 29.8 Å². The van der Waals surface area contributed by atoms with E-state index in [1.165, 1.54) is 11.1 Å². The molecule has 0 amide bonds. The molecule has 2 aromatic carbocycles. The molecule has 1 aliphatic heterocycles. The number of hydrogen-bond acceptors (Lipinski definition) is 5. The van der Waals surface area contributed by atoms with E-state index in [9.17, 15) is 9.90 Å². The average Bonchev–Trinajstić information content (AvgIpc) is 2.72. The number of anilines is 1. The van der Waals surface area contributed by atoms with Gasteiger partial charge in [0.1, 0.15) is 18.6 Å². The highest BCUT2D eigenvalue weighted by Crippen LogP contribution is 2.32. The molecule has 2 N–H and O–H groups in total. The molecule has 4 rings (SSSR count). The van der Waals surface area contributed by atoms with Crippen LogP contribution in [-0.2, 0) is 0 Å². The maximum atomic E-state index is 10.3. The van der Waals surface area contributed by atoms with Gasteiger partial charge < -0.3 is 15.2 Å². The number of hydrogen-bond donors (Lipinski definition) is 2. The predicted molar refractivity (Wildman–Crippen MR) is 117 cm³/mol. The Labute approximate surface area is 180 Å². The minimum Gasteiger partial charge on any atom is -0.506 e. The molecule has 7 heteroatoms. The fourth-order valence-electron chi connectivity index (χ4n) is 2.58. The van der Waals surface area contributed by atoms with Gasteiger partial charge in [-0.15, -0.1) is 0 Å². The van der Waals surface area contributed by atoms with Crippen molar-refractivity contribution in [2.75, 3.05) is 18.5 Å². The van der Waals surface area contributed by atoms with Crippen molar-refractivity contribution in [3.8, 4) is 22.8 Å². The molecule has 0 radical (unpaired) electrons. The number of benzene rings is 2. The van der Waals surface area contributed by atoms with E-state index in [2.05, 4.69) is 79.4 Å². The van der Waals surface area contributed by atoms with E-state index in [1.54, 1.807) is 12.1 Å². The van der Waals surface area contributed by atoms with Gasteiger partial charge in [0, 0.05) is 23.9 Å². The first-order valence-corrected chi connectivity index (χ1v) is 10.1. The fraction of sp³-hybridized carbons (Fsp3) is 0.143. The second-order valence-corrected chi connectivity index (χ2v) is 7.88. The summed E-state index contributed by atoms with van der Waals surface area (Å²) in [6, 6.07) is 13.6. The number of rotatable bonds is 2.